The number of imidazole rings is 1. The van der Waals surface area contributed by atoms with Gasteiger partial charge in [-0.3, -0.25) is 9.78 Å². The molecule has 0 saturated heterocycles. The van der Waals surface area contributed by atoms with E-state index in [0.29, 0.717) is 23.2 Å². The Morgan fingerprint density at radius 2 is 1.67 bits per heavy atom. The molecule has 3 N–H and O–H groups in total. The Kier molecular flexibility index (Phi) is 6.31. The van der Waals surface area contributed by atoms with Crippen LogP contribution < -0.4 is 11.3 Å². The van der Waals surface area contributed by atoms with Crippen LogP contribution in [0.25, 0.3) is 11.2 Å². The van der Waals surface area contributed by atoms with Crippen LogP contribution in [0.2, 0.25) is 0 Å². The average Bonchev–Trinajstić information content (AvgIpc) is 3.33. The van der Waals surface area contributed by atoms with Crippen molar-refractivity contribution in [3.63, 3.8) is 0 Å². The van der Waals surface area contributed by atoms with Crippen molar-refractivity contribution in [2.45, 2.75) is 18.6 Å². The standard InChI is InChI=1S/C26H23N5O5/c27-26-29-22-21(23(32)30-26)28-15-31(22)19-12-11-18(14-35-24(33)16-7-3-1-4-8-16)20(13-19)36-25(34)17-9-5-2-6-10-17/h1-12,15,18-20H,13-14H2,(H3,27,29,30,32). The summed E-state index contributed by atoms with van der Waals surface area (Å²) in [6.45, 7) is 0.0270. The molecular weight excluding hydrogens is 462 g/mol. The number of nitrogens with zero attached hydrogens (tertiary/aromatic N) is 3. The third kappa shape index (κ3) is 4.74. The molecule has 4 aromatic rings. The molecule has 2 aromatic heterocycles. The Labute approximate surface area is 205 Å². The number of nitrogens with one attached hydrogen (secondary N) is 1. The number of ether oxygens (including phenoxy) is 2. The van der Waals surface area contributed by atoms with E-state index in [-0.39, 0.29) is 30.0 Å². The van der Waals surface area contributed by atoms with Crippen molar-refractivity contribution in [2.75, 3.05) is 12.3 Å². The number of hydrogen-bond donors (Lipinski definition) is 2. The number of H-pyrrole nitrogens is 1. The van der Waals surface area contributed by atoms with Crippen molar-refractivity contribution in [1.29, 1.82) is 0 Å². The number of anilines is 1. The first-order chi connectivity index (χ1) is 17.5. The Hall–Kier alpha value is -4.73. The summed E-state index contributed by atoms with van der Waals surface area (Å²) in [6, 6.07) is 17.0. The first-order valence-corrected chi connectivity index (χ1v) is 11.4. The number of nitrogen functional groups attached to an aromatic ring is 1. The molecule has 10 heteroatoms. The molecule has 36 heavy (non-hydrogen) atoms. The summed E-state index contributed by atoms with van der Waals surface area (Å²) in [5, 5.41) is 0. The van der Waals surface area contributed by atoms with E-state index in [2.05, 4.69) is 15.0 Å². The van der Waals surface area contributed by atoms with Gasteiger partial charge in [-0.25, -0.2) is 14.6 Å². The summed E-state index contributed by atoms with van der Waals surface area (Å²) in [6.07, 6.45) is 4.98. The molecule has 0 radical (unpaired) electrons. The summed E-state index contributed by atoms with van der Waals surface area (Å²) in [5.41, 5.74) is 6.64. The van der Waals surface area contributed by atoms with E-state index in [4.69, 9.17) is 15.2 Å². The number of aromatic amines is 1. The molecular formula is C26H23N5O5. The number of nitrogens with two attached hydrogens (primary N) is 1. The lowest BCUT2D eigenvalue weighted by Gasteiger charge is -2.32. The fourth-order valence-corrected chi connectivity index (χ4v) is 4.19. The molecule has 10 nitrogen and oxygen atoms in total. The van der Waals surface area contributed by atoms with Crippen molar-refractivity contribution >= 4 is 29.1 Å². The zero-order valence-electron chi connectivity index (χ0n) is 19.1. The number of carbonyl (C=O) groups excluding carboxylic acids is 2. The highest BCUT2D eigenvalue weighted by molar-refractivity contribution is 5.90. The molecule has 5 rings (SSSR count). The molecule has 0 amide bonds. The fourth-order valence-electron chi connectivity index (χ4n) is 4.19. The summed E-state index contributed by atoms with van der Waals surface area (Å²) in [5.74, 6) is -1.34. The maximum Gasteiger partial charge on any atom is 0.338 e. The van der Waals surface area contributed by atoms with Gasteiger partial charge in [0.05, 0.1) is 23.5 Å². The third-order valence-corrected chi connectivity index (χ3v) is 6.02. The predicted molar refractivity (Wildman–Crippen MR) is 131 cm³/mol. The molecule has 182 valence electrons. The van der Waals surface area contributed by atoms with Crippen molar-refractivity contribution < 1.29 is 19.1 Å². The van der Waals surface area contributed by atoms with Gasteiger partial charge in [-0.1, -0.05) is 48.6 Å². The molecule has 3 atom stereocenters. The van der Waals surface area contributed by atoms with Gasteiger partial charge in [0, 0.05) is 12.3 Å². The SMILES string of the molecule is Nc1nc2c(ncn2C2C=CC(COC(=O)c3ccccc3)C(OC(=O)c3ccccc3)C2)c(=O)[nH]1. The Balaban J connectivity index is 1.40. The normalized spacial score (nSPS) is 19.2. The van der Waals surface area contributed by atoms with Gasteiger partial charge in [0.25, 0.3) is 5.56 Å². The van der Waals surface area contributed by atoms with Gasteiger partial charge in [0.15, 0.2) is 11.2 Å². The number of aromatic nitrogens is 4. The lowest BCUT2D eigenvalue weighted by Crippen LogP contribution is -2.35. The smallest absolute Gasteiger partial charge is 0.338 e. The Bertz CT molecular complexity index is 1480. The highest BCUT2D eigenvalue weighted by atomic mass is 16.6. The second-order valence-corrected chi connectivity index (χ2v) is 8.40. The maximum atomic E-state index is 12.9. The van der Waals surface area contributed by atoms with Gasteiger partial charge in [0.2, 0.25) is 5.95 Å². The summed E-state index contributed by atoms with van der Waals surface area (Å²) in [4.78, 5) is 48.4. The highest BCUT2D eigenvalue weighted by Gasteiger charge is 2.33. The molecule has 2 heterocycles. The van der Waals surface area contributed by atoms with Crippen molar-refractivity contribution in [3.8, 4) is 0 Å². The van der Waals surface area contributed by atoms with Crippen LogP contribution in [0.1, 0.15) is 33.2 Å². The molecule has 0 aliphatic heterocycles. The highest BCUT2D eigenvalue weighted by Crippen LogP contribution is 2.31. The van der Waals surface area contributed by atoms with Gasteiger partial charge in [-0.2, -0.15) is 4.98 Å². The molecule has 3 unspecified atom stereocenters. The van der Waals surface area contributed by atoms with Crippen LogP contribution in [0.15, 0.2) is 83.9 Å². The first-order valence-electron chi connectivity index (χ1n) is 11.4. The minimum absolute atomic E-state index is 0.0215. The third-order valence-electron chi connectivity index (χ3n) is 6.02. The molecule has 0 saturated carbocycles. The summed E-state index contributed by atoms with van der Waals surface area (Å²) in [7, 11) is 0. The lowest BCUT2D eigenvalue weighted by molar-refractivity contribution is -0.00246. The monoisotopic (exact) mass is 485 g/mol. The van der Waals surface area contributed by atoms with Gasteiger partial charge in [0.1, 0.15) is 12.7 Å². The number of allylic oxidation sites excluding steroid dienone is 1. The van der Waals surface area contributed by atoms with E-state index >= 15 is 0 Å². The van der Waals surface area contributed by atoms with E-state index in [1.165, 1.54) is 6.33 Å². The van der Waals surface area contributed by atoms with Crippen molar-refractivity contribution in [2.24, 2.45) is 5.92 Å². The quantitative estimate of drug-likeness (QED) is 0.314. The van der Waals surface area contributed by atoms with E-state index in [1.54, 1.807) is 53.1 Å². The molecule has 1 aliphatic carbocycles. The molecule has 0 spiro atoms. The topological polar surface area (TPSA) is 142 Å². The number of fused-ring (bicyclic) bond motifs is 1. The van der Waals surface area contributed by atoms with Crippen LogP contribution in [-0.2, 0) is 9.47 Å². The predicted octanol–water partition coefficient (Wildman–Crippen LogP) is 2.90. The maximum absolute atomic E-state index is 12.9. The number of carbonyl (C=O) groups is 2. The second kappa shape index (κ2) is 9.87. The molecule has 0 bridgehead atoms. The van der Waals surface area contributed by atoms with E-state index < -0.39 is 23.6 Å². The second-order valence-electron chi connectivity index (χ2n) is 8.40. The van der Waals surface area contributed by atoms with Crippen molar-refractivity contribution in [1.82, 2.24) is 19.5 Å². The van der Waals surface area contributed by atoms with Crippen LogP contribution in [0.3, 0.4) is 0 Å². The number of esters is 2. The Morgan fingerprint density at radius 1 is 1.00 bits per heavy atom. The van der Waals surface area contributed by atoms with Crippen LogP contribution in [-0.4, -0.2) is 44.2 Å². The molecule has 0 fully saturated rings. The van der Waals surface area contributed by atoms with Gasteiger partial charge in [-0.15, -0.1) is 0 Å². The Morgan fingerprint density at radius 3 is 2.36 bits per heavy atom. The van der Waals surface area contributed by atoms with E-state index in [1.807, 2.05) is 24.3 Å². The zero-order chi connectivity index (χ0) is 25.1. The number of hydrogen-bond acceptors (Lipinski definition) is 8. The zero-order valence-corrected chi connectivity index (χ0v) is 19.1. The number of rotatable bonds is 6. The lowest BCUT2D eigenvalue weighted by atomic mass is 9.90. The minimum atomic E-state index is -0.618. The number of benzene rings is 2. The van der Waals surface area contributed by atoms with E-state index in [0.717, 1.165) is 0 Å². The van der Waals surface area contributed by atoms with Gasteiger partial charge < -0.3 is 19.8 Å². The molecule has 1 aliphatic rings. The van der Waals surface area contributed by atoms with Gasteiger partial charge in [-0.05, 0) is 24.3 Å². The van der Waals surface area contributed by atoms with Crippen LogP contribution in [0.5, 0.6) is 0 Å². The fraction of sp³-hybridized carbons (Fsp3) is 0.192. The summed E-state index contributed by atoms with van der Waals surface area (Å²) < 4.78 is 13.1. The minimum Gasteiger partial charge on any atom is -0.461 e. The summed E-state index contributed by atoms with van der Waals surface area (Å²) >= 11 is 0. The van der Waals surface area contributed by atoms with Gasteiger partial charge >= 0.3 is 11.9 Å². The van der Waals surface area contributed by atoms with Crippen LogP contribution in [0.4, 0.5) is 5.95 Å². The van der Waals surface area contributed by atoms with Crippen LogP contribution >= 0.6 is 0 Å². The first kappa shape index (κ1) is 23.0. The van der Waals surface area contributed by atoms with Crippen LogP contribution in [0, 0.1) is 5.92 Å². The average molecular weight is 486 g/mol. The van der Waals surface area contributed by atoms with E-state index in [9.17, 15) is 14.4 Å². The largest absolute Gasteiger partial charge is 0.461 e. The molecule has 2 aromatic carbocycles. The van der Waals surface area contributed by atoms with Crippen molar-refractivity contribution in [3.05, 3.63) is 101 Å².